The van der Waals surface area contributed by atoms with Crippen LogP contribution < -0.4 is 16.2 Å². The largest absolute Gasteiger partial charge is 0.355 e. The van der Waals surface area contributed by atoms with Crippen LogP contribution in [0, 0.1) is 6.92 Å². The molecule has 1 aromatic rings. The Balaban J connectivity index is 1.71. The van der Waals surface area contributed by atoms with Gasteiger partial charge in [0.05, 0.1) is 0 Å². The predicted molar refractivity (Wildman–Crippen MR) is 76.0 cm³/mol. The smallest absolute Gasteiger partial charge is 0.145 e. The van der Waals surface area contributed by atoms with Gasteiger partial charge in [0, 0.05) is 25.2 Å². The fraction of sp³-hybridized carbons (Fsp3) is 0.692. The second-order valence-corrected chi connectivity index (χ2v) is 5.43. The topological polar surface area (TPSA) is 70.3 Å². The first-order valence-corrected chi connectivity index (χ1v) is 7.07. The number of aryl methyl sites for hydroxylation is 1. The van der Waals surface area contributed by atoms with Gasteiger partial charge in [0.25, 0.3) is 0 Å². The van der Waals surface area contributed by atoms with Crippen molar-refractivity contribution in [2.45, 2.75) is 32.2 Å². The quantitative estimate of drug-likeness (QED) is 0.618. The maximum Gasteiger partial charge on any atom is 0.145 e. The number of aromatic nitrogens is 2. The summed E-state index contributed by atoms with van der Waals surface area (Å²) in [7, 11) is 0. The minimum absolute atomic E-state index is 0.687. The lowest BCUT2D eigenvalue weighted by molar-refractivity contribution is 0.260. The third-order valence-corrected chi connectivity index (χ3v) is 4.12. The molecule has 2 aliphatic rings. The molecule has 2 saturated heterocycles. The number of nitrogens with zero attached hydrogens (tertiary/aromatic N) is 4. The van der Waals surface area contributed by atoms with Crippen LogP contribution in [0.3, 0.4) is 0 Å². The Morgan fingerprint density at radius 3 is 2.79 bits per heavy atom. The van der Waals surface area contributed by atoms with Gasteiger partial charge in [-0.25, -0.2) is 15.8 Å². The van der Waals surface area contributed by atoms with Crippen molar-refractivity contribution in [2.75, 3.05) is 36.5 Å². The highest BCUT2D eigenvalue weighted by molar-refractivity contribution is 5.49. The molecule has 3 N–H and O–H groups in total. The van der Waals surface area contributed by atoms with Gasteiger partial charge in [0.1, 0.15) is 17.5 Å². The van der Waals surface area contributed by atoms with Crippen LogP contribution in [0.5, 0.6) is 0 Å². The van der Waals surface area contributed by atoms with Crippen LogP contribution in [0.25, 0.3) is 0 Å². The van der Waals surface area contributed by atoms with E-state index in [1.807, 2.05) is 13.0 Å². The van der Waals surface area contributed by atoms with E-state index in [-0.39, 0.29) is 0 Å². The van der Waals surface area contributed by atoms with Crippen molar-refractivity contribution in [2.24, 2.45) is 5.84 Å². The van der Waals surface area contributed by atoms with Crippen molar-refractivity contribution in [1.29, 1.82) is 0 Å². The molecular formula is C13H22N6. The molecule has 0 bridgehead atoms. The molecule has 2 fully saturated rings. The Morgan fingerprint density at radius 2 is 2.05 bits per heavy atom. The SMILES string of the molecule is Cc1nc(NN)cc(N2CCC(N3CCCC3)C2)n1. The van der Waals surface area contributed by atoms with E-state index < -0.39 is 0 Å². The lowest BCUT2D eigenvalue weighted by atomic mass is 10.2. The van der Waals surface area contributed by atoms with Crippen LogP contribution in [0.15, 0.2) is 6.07 Å². The maximum absolute atomic E-state index is 5.45. The number of nitrogens with two attached hydrogens (primary N) is 1. The number of hydrogen-bond donors (Lipinski definition) is 2. The molecule has 0 aliphatic carbocycles. The summed E-state index contributed by atoms with van der Waals surface area (Å²) < 4.78 is 0. The normalized spacial score (nSPS) is 24.1. The van der Waals surface area contributed by atoms with Crippen LogP contribution in [0.4, 0.5) is 11.6 Å². The average Bonchev–Trinajstić information content (AvgIpc) is 3.08. The number of likely N-dealkylation sites (tertiary alicyclic amines) is 1. The zero-order valence-electron chi connectivity index (χ0n) is 11.5. The van der Waals surface area contributed by atoms with Crippen LogP contribution in [0.2, 0.25) is 0 Å². The zero-order valence-corrected chi connectivity index (χ0v) is 11.5. The summed E-state index contributed by atoms with van der Waals surface area (Å²) in [5.74, 6) is 7.88. The molecule has 0 aromatic carbocycles. The summed E-state index contributed by atoms with van der Waals surface area (Å²) in [5.41, 5.74) is 2.61. The minimum atomic E-state index is 0.687. The number of nitrogens with one attached hydrogen (secondary N) is 1. The van der Waals surface area contributed by atoms with Crippen molar-refractivity contribution in [3.05, 3.63) is 11.9 Å². The van der Waals surface area contributed by atoms with E-state index in [4.69, 9.17) is 5.84 Å². The second-order valence-electron chi connectivity index (χ2n) is 5.43. The highest BCUT2D eigenvalue weighted by atomic mass is 15.3. The third kappa shape index (κ3) is 2.64. The molecule has 1 unspecified atom stereocenters. The lowest BCUT2D eigenvalue weighted by Crippen LogP contribution is -2.35. The third-order valence-electron chi connectivity index (χ3n) is 4.12. The van der Waals surface area contributed by atoms with Crippen LogP contribution in [-0.2, 0) is 0 Å². The van der Waals surface area contributed by atoms with Gasteiger partial charge < -0.3 is 10.3 Å². The summed E-state index contributed by atoms with van der Waals surface area (Å²) in [4.78, 5) is 13.7. The predicted octanol–water partition coefficient (Wildman–Crippen LogP) is 0.745. The Kier molecular flexibility index (Phi) is 3.52. The fourth-order valence-corrected chi connectivity index (χ4v) is 3.14. The molecule has 3 rings (SSSR count). The summed E-state index contributed by atoms with van der Waals surface area (Å²) >= 11 is 0. The average molecular weight is 262 g/mol. The molecule has 1 atom stereocenters. The molecular weight excluding hydrogens is 240 g/mol. The van der Waals surface area contributed by atoms with Gasteiger partial charge in [0.15, 0.2) is 0 Å². The molecule has 2 aliphatic heterocycles. The van der Waals surface area contributed by atoms with E-state index in [9.17, 15) is 0 Å². The van der Waals surface area contributed by atoms with Gasteiger partial charge in [-0.15, -0.1) is 0 Å². The molecule has 0 spiro atoms. The summed E-state index contributed by atoms with van der Waals surface area (Å²) in [5, 5.41) is 0. The Hall–Kier alpha value is -1.40. The van der Waals surface area contributed by atoms with Crippen molar-refractivity contribution in [1.82, 2.24) is 14.9 Å². The maximum atomic E-state index is 5.45. The first-order chi connectivity index (χ1) is 9.26. The van der Waals surface area contributed by atoms with Gasteiger partial charge in [-0.05, 0) is 39.3 Å². The van der Waals surface area contributed by atoms with Gasteiger partial charge >= 0.3 is 0 Å². The van der Waals surface area contributed by atoms with Gasteiger partial charge in [0.2, 0.25) is 0 Å². The van der Waals surface area contributed by atoms with E-state index in [0.717, 1.165) is 24.7 Å². The molecule has 3 heterocycles. The van der Waals surface area contributed by atoms with Crippen molar-refractivity contribution in [3.8, 4) is 0 Å². The number of anilines is 2. The molecule has 6 heteroatoms. The second kappa shape index (κ2) is 5.30. The van der Waals surface area contributed by atoms with E-state index in [1.165, 1.54) is 32.4 Å². The monoisotopic (exact) mass is 262 g/mol. The number of nitrogen functional groups attached to an aromatic ring is 1. The van der Waals surface area contributed by atoms with Gasteiger partial charge in [-0.1, -0.05) is 0 Å². The number of hydrazine groups is 1. The van der Waals surface area contributed by atoms with Crippen molar-refractivity contribution < 1.29 is 0 Å². The molecule has 6 nitrogen and oxygen atoms in total. The van der Waals surface area contributed by atoms with E-state index in [2.05, 4.69) is 25.2 Å². The van der Waals surface area contributed by atoms with E-state index in [1.54, 1.807) is 0 Å². The van der Waals surface area contributed by atoms with E-state index in [0.29, 0.717) is 11.9 Å². The Labute approximate surface area is 114 Å². The number of hydrogen-bond acceptors (Lipinski definition) is 6. The van der Waals surface area contributed by atoms with Crippen LogP contribution >= 0.6 is 0 Å². The lowest BCUT2D eigenvalue weighted by Gasteiger charge is -2.24. The van der Waals surface area contributed by atoms with Gasteiger partial charge in [-0.2, -0.15) is 0 Å². The molecule has 104 valence electrons. The summed E-state index contributed by atoms with van der Waals surface area (Å²) in [6.07, 6.45) is 3.93. The summed E-state index contributed by atoms with van der Waals surface area (Å²) in [6, 6.07) is 2.62. The fourth-order valence-electron chi connectivity index (χ4n) is 3.14. The van der Waals surface area contributed by atoms with Crippen molar-refractivity contribution in [3.63, 3.8) is 0 Å². The van der Waals surface area contributed by atoms with E-state index >= 15 is 0 Å². The van der Waals surface area contributed by atoms with Gasteiger partial charge in [-0.3, -0.25) is 4.90 Å². The molecule has 0 radical (unpaired) electrons. The van der Waals surface area contributed by atoms with Crippen LogP contribution in [0.1, 0.15) is 25.1 Å². The molecule has 1 aromatic heterocycles. The molecule has 19 heavy (non-hydrogen) atoms. The minimum Gasteiger partial charge on any atom is -0.355 e. The molecule has 0 amide bonds. The highest BCUT2D eigenvalue weighted by Gasteiger charge is 2.30. The zero-order chi connectivity index (χ0) is 13.2. The number of rotatable bonds is 3. The first kappa shape index (κ1) is 12.6. The van der Waals surface area contributed by atoms with Crippen molar-refractivity contribution >= 4 is 11.6 Å². The first-order valence-electron chi connectivity index (χ1n) is 7.07. The Bertz CT molecular complexity index is 443. The standard InChI is InChI=1S/C13H22N6/c1-10-15-12(17-14)8-13(16-10)19-7-4-11(9-19)18-5-2-3-6-18/h8,11H,2-7,9,14H2,1H3,(H,15,16,17). The Morgan fingerprint density at radius 1 is 1.26 bits per heavy atom. The van der Waals surface area contributed by atoms with Crippen LogP contribution in [-0.4, -0.2) is 47.1 Å². The summed E-state index contributed by atoms with van der Waals surface area (Å²) in [6.45, 7) is 6.56. The molecule has 0 saturated carbocycles. The highest BCUT2D eigenvalue weighted by Crippen LogP contribution is 2.25.